The summed E-state index contributed by atoms with van der Waals surface area (Å²) in [4.78, 5) is 10.4. The average Bonchev–Trinajstić information content (AvgIpc) is 2.29. The zero-order chi connectivity index (χ0) is 12.1. The summed E-state index contributed by atoms with van der Waals surface area (Å²) in [6.45, 7) is 8.46. The van der Waals surface area contributed by atoms with Crippen molar-refractivity contribution in [2.75, 3.05) is 23.7 Å². The minimum absolute atomic E-state index is 0.320. The van der Waals surface area contributed by atoms with Crippen LogP contribution in [0.4, 0.5) is 11.8 Å². The van der Waals surface area contributed by atoms with Crippen LogP contribution in [0.5, 0.6) is 0 Å². The Morgan fingerprint density at radius 1 is 1.50 bits per heavy atom. The summed E-state index contributed by atoms with van der Waals surface area (Å²) in [6.07, 6.45) is 2.87. The van der Waals surface area contributed by atoms with E-state index in [0.29, 0.717) is 11.9 Å². The molecule has 0 saturated heterocycles. The van der Waals surface area contributed by atoms with Crippen LogP contribution in [-0.4, -0.2) is 23.1 Å². The van der Waals surface area contributed by atoms with Crippen molar-refractivity contribution < 1.29 is 0 Å². The molecule has 90 valence electrons. The highest BCUT2D eigenvalue weighted by Gasteiger charge is 2.13. The highest BCUT2D eigenvalue weighted by atomic mass is 79.9. The lowest BCUT2D eigenvalue weighted by atomic mass is 10.1. The van der Waals surface area contributed by atoms with Crippen LogP contribution in [0.3, 0.4) is 0 Å². The predicted molar refractivity (Wildman–Crippen MR) is 71.5 cm³/mol. The Morgan fingerprint density at radius 2 is 2.19 bits per heavy atom. The van der Waals surface area contributed by atoms with Crippen molar-refractivity contribution >= 4 is 27.7 Å². The maximum absolute atomic E-state index is 5.61. The van der Waals surface area contributed by atoms with E-state index in [2.05, 4.69) is 51.6 Å². The smallest absolute Gasteiger partial charge is 0.222 e. The van der Waals surface area contributed by atoms with Gasteiger partial charge in [-0.1, -0.05) is 20.3 Å². The van der Waals surface area contributed by atoms with Crippen molar-refractivity contribution in [3.05, 3.63) is 10.7 Å². The van der Waals surface area contributed by atoms with Crippen LogP contribution in [0.1, 0.15) is 27.2 Å². The maximum atomic E-state index is 5.61. The third kappa shape index (κ3) is 3.33. The number of anilines is 2. The molecular formula is C11H19BrN4. The molecule has 0 amide bonds. The van der Waals surface area contributed by atoms with E-state index in [9.17, 15) is 0 Å². The van der Waals surface area contributed by atoms with Gasteiger partial charge in [-0.05, 0) is 28.8 Å². The SMILES string of the molecule is CCC(C)CN(CC)c1nc(N)ncc1Br. The Kier molecular flexibility index (Phi) is 4.99. The quantitative estimate of drug-likeness (QED) is 0.904. The fourth-order valence-electron chi connectivity index (χ4n) is 1.46. The van der Waals surface area contributed by atoms with Crippen molar-refractivity contribution in [2.45, 2.75) is 27.2 Å². The summed E-state index contributed by atoms with van der Waals surface area (Å²) in [5.41, 5.74) is 5.61. The molecule has 0 fully saturated rings. The number of nitrogen functional groups attached to an aromatic ring is 1. The zero-order valence-corrected chi connectivity index (χ0v) is 11.7. The van der Waals surface area contributed by atoms with E-state index < -0.39 is 0 Å². The summed E-state index contributed by atoms with van der Waals surface area (Å²) < 4.78 is 0.895. The fourth-order valence-corrected chi connectivity index (χ4v) is 1.91. The Hall–Kier alpha value is -0.840. The molecule has 1 heterocycles. The minimum atomic E-state index is 0.320. The molecule has 0 spiro atoms. The van der Waals surface area contributed by atoms with E-state index in [1.54, 1.807) is 6.20 Å². The molecule has 4 nitrogen and oxygen atoms in total. The first-order valence-electron chi connectivity index (χ1n) is 5.61. The average molecular weight is 287 g/mol. The number of halogens is 1. The monoisotopic (exact) mass is 286 g/mol. The molecule has 1 aromatic heterocycles. The van der Waals surface area contributed by atoms with Gasteiger partial charge in [-0.15, -0.1) is 0 Å². The number of nitrogens with zero attached hydrogens (tertiary/aromatic N) is 3. The third-order valence-corrected chi connectivity index (χ3v) is 3.21. The number of nitrogens with two attached hydrogens (primary N) is 1. The van der Waals surface area contributed by atoms with Gasteiger partial charge >= 0.3 is 0 Å². The largest absolute Gasteiger partial charge is 0.368 e. The summed E-state index contributed by atoms with van der Waals surface area (Å²) in [5.74, 6) is 1.85. The number of aromatic nitrogens is 2. The molecular weight excluding hydrogens is 268 g/mol. The summed E-state index contributed by atoms with van der Waals surface area (Å²) in [7, 11) is 0. The molecule has 5 heteroatoms. The molecule has 0 saturated carbocycles. The van der Waals surface area contributed by atoms with Crippen LogP contribution in [0.2, 0.25) is 0 Å². The van der Waals surface area contributed by atoms with E-state index in [0.717, 1.165) is 29.8 Å². The van der Waals surface area contributed by atoms with Gasteiger partial charge in [-0.2, -0.15) is 4.98 Å². The van der Waals surface area contributed by atoms with Crippen molar-refractivity contribution in [3.8, 4) is 0 Å². The van der Waals surface area contributed by atoms with E-state index in [-0.39, 0.29) is 0 Å². The Balaban J connectivity index is 2.89. The van der Waals surface area contributed by atoms with Crippen molar-refractivity contribution in [1.82, 2.24) is 9.97 Å². The van der Waals surface area contributed by atoms with E-state index in [4.69, 9.17) is 5.73 Å². The third-order valence-electron chi connectivity index (χ3n) is 2.65. The standard InChI is InChI=1S/C11H19BrN4/c1-4-8(3)7-16(5-2)10-9(12)6-14-11(13)15-10/h6,8H,4-5,7H2,1-3H3,(H2,13,14,15). The Morgan fingerprint density at radius 3 is 2.75 bits per heavy atom. The number of rotatable bonds is 5. The van der Waals surface area contributed by atoms with Gasteiger partial charge < -0.3 is 10.6 Å². The zero-order valence-electron chi connectivity index (χ0n) is 10.1. The molecule has 0 aliphatic carbocycles. The fraction of sp³-hybridized carbons (Fsp3) is 0.636. The first-order valence-corrected chi connectivity index (χ1v) is 6.40. The maximum Gasteiger partial charge on any atom is 0.222 e. The van der Waals surface area contributed by atoms with Gasteiger partial charge in [0, 0.05) is 19.3 Å². The van der Waals surface area contributed by atoms with Gasteiger partial charge in [-0.25, -0.2) is 4.98 Å². The molecule has 0 radical (unpaired) electrons. The van der Waals surface area contributed by atoms with Gasteiger partial charge in [0.1, 0.15) is 5.82 Å². The molecule has 16 heavy (non-hydrogen) atoms. The lowest BCUT2D eigenvalue weighted by molar-refractivity contribution is 0.545. The van der Waals surface area contributed by atoms with E-state index in [1.165, 1.54) is 0 Å². The summed E-state index contributed by atoms with van der Waals surface area (Å²) >= 11 is 3.46. The first-order chi connectivity index (χ1) is 7.58. The molecule has 0 aromatic carbocycles. The van der Waals surface area contributed by atoms with Crippen LogP contribution < -0.4 is 10.6 Å². The lowest BCUT2D eigenvalue weighted by Gasteiger charge is -2.25. The van der Waals surface area contributed by atoms with E-state index in [1.807, 2.05) is 0 Å². The van der Waals surface area contributed by atoms with E-state index >= 15 is 0 Å². The Labute approximate surface area is 105 Å². The van der Waals surface area contributed by atoms with Crippen molar-refractivity contribution in [3.63, 3.8) is 0 Å². The lowest BCUT2D eigenvalue weighted by Crippen LogP contribution is -2.29. The highest BCUT2D eigenvalue weighted by Crippen LogP contribution is 2.24. The molecule has 0 aliphatic heterocycles. The molecule has 0 aliphatic rings. The minimum Gasteiger partial charge on any atom is -0.368 e. The molecule has 0 bridgehead atoms. The predicted octanol–water partition coefficient (Wildman–Crippen LogP) is 2.69. The number of hydrogen-bond acceptors (Lipinski definition) is 4. The highest BCUT2D eigenvalue weighted by molar-refractivity contribution is 9.10. The van der Waals surface area contributed by atoms with Crippen LogP contribution in [0.25, 0.3) is 0 Å². The first kappa shape index (κ1) is 13.2. The molecule has 1 rings (SSSR count). The van der Waals surface area contributed by atoms with Crippen LogP contribution in [0, 0.1) is 5.92 Å². The molecule has 1 atom stereocenters. The van der Waals surface area contributed by atoms with Crippen molar-refractivity contribution in [1.29, 1.82) is 0 Å². The second-order valence-electron chi connectivity index (χ2n) is 3.95. The topological polar surface area (TPSA) is 55.0 Å². The Bertz CT molecular complexity index is 343. The second-order valence-corrected chi connectivity index (χ2v) is 4.81. The number of hydrogen-bond donors (Lipinski definition) is 1. The second kappa shape index (κ2) is 6.03. The van der Waals surface area contributed by atoms with Gasteiger partial charge in [0.15, 0.2) is 0 Å². The molecule has 1 aromatic rings. The van der Waals surface area contributed by atoms with Crippen LogP contribution in [-0.2, 0) is 0 Å². The van der Waals surface area contributed by atoms with Crippen LogP contribution >= 0.6 is 15.9 Å². The van der Waals surface area contributed by atoms with Gasteiger partial charge in [-0.3, -0.25) is 0 Å². The van der Waals surface area contributed by atoms with Crippen molar-refractivity contribution in [2.24, 2.45) is 5.92 Å². The molecule has 1 unspecified atom stereocenters. The van der Waals surface area contributed by atoms with Gasteiger partial charge in [0.05, 0.1) is 4.47 Å². The summed E-state index contributed by atoms with van der Waals surface area (Å²) in [6, 6.07) is 0. The normalized spacial score (nSPS) is 12.5. The van der Waals surface area contributed by atoms with Gasteiger partial charge in [0.2, 0.25) is 5.95 Å². The van der Waals surface area contributed by atoms with Gasteiger partial charge in [0.25, 0.3) is 0 Å². The molecule has 2 N–H and O–H groups in total. The van der Waals surface area contributed by atoms with Crippen LogP contribution in [0.15, 0.2) is 10.7 Å². The summed E-state index contributed by atoms with van der Waals surface area (Å²) in [5, 5.41) is 0.